The van der Waals surface area contributed by atoms with Crippen molar-refractivity contribution in [3.63, 3.8) is 0 Å². The number of nitrogens with zero attached hydrogens (tertiary/aromatic N) is 3. The Bertz CT molecular complexity index is 700. The Balaban J connectivity index is 1.51. The van der Waals surface area contributed by atoms with Crippen molar-refractivity contribution in [1.29, 1.82) is 0 Å². The number of hydrogen-bond donors (Lipinski definition) is 2. The molecule has 2 heterocycles. The van der Waals surface area contributed by atoms with Gasteiger partial charge < -0.3 is 25.0 Å². The zero-order chi connectivity index (χ0) is 22.1. The Hall–Kier alpha value is -2.20. The average Bonchev–Trinajstić information content (AvgIpc) is 2.81. The molecule has 0 saturated carbocycles. The Labute approximate surface area is 184 Å². The number of likely N-dealkylation sites (N-methyl/N-ethyl adjacent to an activating group) is 1. The number of nitrogens with one attached hydrogen (secondary N) is 2. The van der Waals surface area contributed by atoms with Crippen LogP contribution in [-0.4, -0.2) is 113 Å². The average molecular weight is 434 g/mol. The first-order chi connectivity index (χ1) is 15.1. The zero-order valence-corrected chi connectivity index (χ0v) is 18.6. The van der Waals surface area contributed by atoms with Crippen LogP contribution in [0.5, 0.6) is 5.75 Å². The summed E-state index contributed by atoms with van der Waals surface area (Å²) in [6.07, 6.45) is 0. The third kappa shape index (κ3) is 7.17. The predicted molar refractivity (Wildman–Crippen MR) is 118 cm³/mol. The molecule has 2 amide bonds. The predicted octanol–water partition coefficient (Wildman–Crippen LogP) is -0.452. The van der Waals surface area contributed by atoms with E-state index in [1.807, 2.05) is 24.3 Å². The van der Waals surface area contributed by atoms with Gasteiger partial charge in [0.15, 0.2) is 0 Å². The maximum atomic E-state index is 12.4. The molecule has 0 spiro atoms. The lowest BCUT2D eigenvalue weighted by Crippen LogP contribution is -2.50. The number of methoxy groups -OCH3 is 1. The molecule has 0 unspecified atom stereocenters. The normalized spacial score (nSPS) is 19.5. The van der Waals surface area contributed by atoms with Gasteiger partial charge in [0.1, 0.15) is 5.75 Å². The molecule has 1 atom stereocenters. The molecule has 9 heteroatoms. The molecular formula is C22H35N5O4. The van der Waals surface area contributed by atoms with Gasteiger partial charge in [0.2, 0.25) is 0 Å². The van der Waals surface area contributed by atoms with Crippen molar-refractivity contribution in [3.05, 3.63) is 29.8 Å². The van der Waals surface area contributed by atoms with E-state index in [4.69, 9.17) is 9.47 Å². The molecule has 3 rings (SSSR count). The Morgan fingerprint density at radius 2 is 1.65 bits per heavy atom. The topological polar surface area (TPSA) is 86.4 Å². The van der Waals surface area contributed by atoms with Crippen LogP contribution in [0.15, 0.2) is 24.3 Å². The second-order valence-electron chi connectivity index (χ2n) is 8.05. The van der Waals surface area contributed by atoms with Crippen molar-refractivity contribution in [1.82, 2.24) is 25.3 Å². The second-order valence-corrected chi connectivity index (χ2v) is 8.05. The summed E-state index contributed by atoms with van der Waals surface area (Å²) < 4.78 is 10.6. The molecule has 1 aromatic carbocycles. The number of carbonyl (C=O) groups is 2. The van der Waals surface area contributed by atoms with Crippen LogP contribution in [-0.2, 0) is 14.3 Å². The molecular weight excluding hydrogens is 398 g/mol. The third-order valence-electron chi connectivity index (χ3n) is 5.96. The van der Waals surface area contributed by atoms with Gasteiger partial charge in [-0.25, -0.2) is 0 Å². The van der Waals surface area contributed by atoms with E-state index in [0.717, 1.165) is 57.1 Å². The summed E-state index contributed by atoms with van der Waals surface area (Å²) in [5, 5.41) is 5.56. The van der Waals surface area contributed by atoms with Crippen molar-refractivity contribution in [3.8, 4) is 5.75 Å². The van der Waals surface area contributed by atoms with Crippen LogP contribution < -0.4 is 15.4 Å². The number of rotatable bonds is 8. The monoisotopic (exact) mass is 433 g/mol. The fourth-order valence-electron chi connectivity index (χ4n) is 3.92. The van der Waals surface area contributed by atoms with Gasteiger partial charge in [0.25, 0.3) is 0 Å². The highest BCUT2D eigenvalue weighted by Crippen LogP contribution is 2.23. The van der Waals surface area contributed by atoms with Gasteiger partial charge in [-0.1, -0.05) is 12.1 Å². The van der Waals surface area contributed by atoms with Gasteiger partial charge in [0, 0.05) is 58.9 Å². The number of benzene rings is 1. The van der Waals surface area contributed by atoms with E-state index in [2.05, 4.69) is 32.4 Å². The molecule has 31 heavy (non-hydrogen) atoms. The number of ether oxygens (including phenoxy) is 2. The van der Waals surface area contributed by atoms with E-state index in [9.17, 15) is 9.59 Å². The number of morpholine rings is 1. The maximum absolute atomic E-state index is 12.4. The van der Waals surface area contributed by atoms with E-state index in [-0.39, 0.29) is 6.04 Å². The van der Waals surface area contributed by atoms with Crippen LogP contribution in [0.3, 0.4) is 0 Å². The van der Waals surface area contributed by atoms with E-state index in [1.54, 1.807) is 7.11 Å². The Kier molecular flexibility index (Phi) is 9.08. The SMILES string of the molecule is COc1ccc([C@H](CNC(=O)C(=O)NCCN2CCOCC2)N2CCN(C)CC2)cc1. The van der Waals surface area contributed by atoms with Crippen molar-refractivity contribution in [2.24, 2.45) is 0 Å². The molecule has 0 aliphatic carbocycles. The first-order valence-corrected chi connectivity index (χ1v) is 11.0. The van der Waals surface area contributed by atoms with E-state index in [0.29, 0.717) is 26.3 Å². The lowest BCUT2D eigenvalue weighted by molar-refractivity contribution is -0.139. The highest BCUT2D eigenvalue weighted by atomic mass is 16.5. The van der Waals surface area contributed by atoms with E-state index >= 15 is 0 Å². The summed E-state index contributed by atoms with van der Waals surface area (Å²) in [4.78, 5) is 31.5. The zero-order valence-electron chi connectivity index (χ0n) is 18.6. The largest absolute Gasteiger partial charge is 0.497 e. The molecule has 172 valence electrons. The van der Waals surface area contributed by atoms with Crippen molar-refractivity contribution in [2.75, 3.05) is 86.3 Å². The molecule has 0 aromatic heterocycles. The molecule has 2 aliphatic heterocycles. The number of hydrogen-bond acceptors (Lipinski definition) is 7. The third-order valence-corrected chi connectivity index (χ3v) is 5.96. The van der Waals surface area contributed by atoms with E-state index < -0.39 is 11.8 Å². The van der Waals surface area contributed by atoms with Gasteiger partial charge in [-0.05, 0) is 24.7 Å². The fourth-order valence-corrected chi connectivity index (χ4v) is 3.92. The molecule has 2 aliphatic rings. The van der Waals surface area contributed by atoms with Gasteiger partial charge >= 0.3 is 11.8 Å². The van der Waals surface area contributed by atoms with Crippen LogP contribution in [0.4, 0.5) is 0 Å². The minimum Gasteiger partial charge on any atom is -0.497 e. The van der Waals surface area contributed by atoms with Crippen LogP contribution in [0.1, 0.15) is 11.6 Å². The molecule has 2 N–H and O–H groups in total. The van der Waals surface area contributed by atoms with Crippen LogP contribution >= 0.6 is 0 Å². The minimum atomic E-state index is -0.588. The molecule has 2 saturated heterocycles. The molecule has 1 aromatic rings. The number of amides is 2. The van der Waals surface area contributed by atoms with Gasteiger partial charge in [-0.3, -0.25) is 19.4 Å². The molecule has 9 nitrogen and oxygen atoms in total. The molecule has 2 fully saturated rings. The number of carbonyl (C=O) groups excluding carboxylic acids is 2. The van der Waals surface area contributed by atoms with Crippen molar-refractivity contribution >= 4 is 11.8 Å². The van der Waals surface area contributed by atoms with Crippen LogP contribution in [0.2, 0.25) is 0 Å². The smallest absolute Gasteiger partial charge is 0.309 e. The van der Waals surface area contributed by atoms with Crippen LogP contribution in [0.25, 0.3) is 0 Å². The lowest BCUT2D eigenvalue weighted by Gasteiger charge is -2.38. The quantitative estimate of drug-likeness (QED) is 0.537. The lowest BCUT2D eigenvalue weighted by atomic mass is 10.0. The Morgan fingerprint density at radius 3 is 2.29 bits per heavy atom. The summed E-state index contributed by atoms with van der Waals surface area (Å²) in [6.45, 7) is 8.47. The highest BCUT2D eigenvalue weighted by molar-refractivity contribution is 6.35. The summed E-state index contributed by atoms with van der Waals surface area (Å²) in [6, 6.07) is 7.91. The van der Waals surface area contributed by atoms with Crippen molar-refractivity contribution in [2.45, 2.75) is 6.04 Å². The Morgan fingerprint density at radius 1 is 1.00 bits per heavy atom. The highest BCUT2D eigenvalue weighted by Gasteiger charge is 2.25. The van der Waals surface area contributed by atoms with E-state index in [1.165, 1.54) is 0 Å². The fraction of sp³-hybridized carbons (Fsp3) is 0.636. The maximum Gasteiger partial charge on any atom is 0.309 e. The summed E-state index contributed by atoms with van der Waals surface area (Å²) in [5.41, 5.74) is 1.10. The van der Waals surface area contributed by atoms with Crippen LogP contribution in [0, 0.1) is 0 Å². The molecule has 0 bridgehead atoms. The first-order valence-electron chi connectivity index (χ1n) is 11.0. The van der Waals surface area contributed by atoms with Crippen molar-refractivity contribution < 1.29 is 19.1 Å². The van der Waals surface area contributed by atoms with Gasteiger partial charge in [-0.2, -0.15) is 0 Å². The summed E-state index contributed by atoms with van der Waals surface area (Å²) in [7, 11) is 3.76. The summed E-state index contributed by atoms with van der Waals surface area (Å²) >= 11 is 0. The standard InChI is InChI=1S/C22H35N5O4/c1-25-9-11-27(12-10-25)20(18-3-5-19(30-2)6-4-18)17-24-22(29)21(28)23-7-8-26-13-15-31-16-14-26/h3-6,20H,7-17H2,1-2H3,(H,23,28)(H,24,29)/t20-/m0/s1. The first kappa shape index (κ1) is 23.5. The second kappa shape index (κ2) is 12.0. The number of piperazine rings is 1. The molecule has 0 radical (unpaired) electrons. The summed E-state index contributed by atoms with van der Waals surface area (Å²) in [5.74, 6) is -0.376. The van der Waals surface area contributed by atoms with Gasteiger partial charge in [0.05, 0.1) is 26.4 Å². The minimum absolute atomic E-state index is 0.00436. The van der Waals surface area contributed by atoms with Gasteiger partial charge in [-0.15, -0.1) is 0 Å².